The van der Waals surface area contributed by atoms with Crippen LogP contribution in [0.3, 0.4) is 0 Å². The van der Waals surface area contributed by atoms with E-state index in [2.05, 4.69) is 29.7 Å². The third-order valence-corrected chi connectivity index (χ3v) is 9.43. The van der Waals surface area contributed by atoms with Crippen LogP contribution >= 0.6 is 0 Å². The highest BCUT2D eigenvalue weighted by Gasteiger charge is 2.53. The minimum absolute atomic E-state index is 0.0530. The molecule has 37 heavy (non-hydrogen) atoms. The summed E-state index contributed by atoms with van der Waals surface area (Å²) in [6.45, 7) is 4.01. The van der Waals surface area contributed by atoms with E-state index in [0.717, 1.165) is 12.8 Å². The maximum absolute atomic E-state index is 12.8. The molecule has 2 aliphatic heterocycles. The standard InChI is InChI=1S/C29H36N2O6/c1-14-12-20-19(25(14)15(2)32)8-7-18-17-4-3-5-24(35)30-11-10-23(34)27-28(36)26(29(37)31-27)22(33)9-6-16(17)13-21(18)20/h3,5-9,14,16-21,23,25,27,33-34H,4,10-13H2,1-2H3,(H,30,35)(H,31,37)/b5-3+,9-6+,26-22+/t14-,16+,17-,18+,19+,20+,21-,23-,25+,27-/m1/s1. The van der Waals surface area contributed by atoms with E-state index in [0.29, 0.717) is 24.2 Å². The lowest BCUT2D eigenvalue weighted by molar-refractivity contribution is -0.123. The van der Waals surface area contributed by atoms with Crippen molar-refractivity contribution in [1.29, 1.82) is 0 Å². The number of nitrogens with one attached hydrogen (secondary N) is 2. The Bertz CT molecular complexity index is 1120. The van der Waals surface area contributed by atoms with E-state index < -0.39 is 23.8 Å². The van der Waals surface area contributed by atoms with Gasteiger partial charge in [0.15, 0.2) is 5.78 Å². The minimum Gasteiger partial charge on any atom is -0.507 e. The van der Waals surface area contributed by atoms with Crippen molar-refractivity contribution in [2.75, 3.05) is 6.54 Å². The molecular weight excluding hydrogens is 472 g/mol. The number of hydrogen-bond donors (Lipinski definition) is 4. The number of carbonyl (C=O) groups excluding carboxylic acids is 4. The van der Waals surface area contributed by atoms with Gasteiger partial charge in [0.25, 0.3) is 5.91 Å². The number of aliphatic hydroxyl groups excluding tert-OH is 2. The van der Waals surface area contributed by atoms with Crippen molar-refractivity contribution < 1.29 is 29.4 Å². The van der Waals surface area contributed by atoms with Gasteiger partial charge in [-0.05, 0) is 86.2 Å². The number of aliphatic hydroxyl groups is 2. The van der Waals surface area contributed by atoms with Crippen LogP contribution in [0.1, 0.15) is 39.5 Å². The fourth-order valence-corrected chi connectivity index (χ4v) is 7.84. The average Bonchev–Trinajstić information content (AvgIpc) is 3.47. The van der Waals surface area contributed by atoms with Gasteiger partial charge in [-0.25, -0.2) is 0 Å². The van der Waals surface area contributed by atoms with Crippen molar-refractivity contribution in [2.24, 2.45) is 47.3 Å². The number of amides is 2. The molecule has 198 valence electrons. The van der Waals surface area contributed by atoms with Crippen molar-refractivity contribution in [3.63, 3.8) is 0 Å². The van der Waals surface area contributed by atoms with Crippen LogP contribution in [0.5, 0.6) is 0 Å². The van der Waals surface area contributed by atoms with Crippen LogP contribution in [0.15, 0.2) is 47.8 Å². The normalized spacial score (nSPS) is 45.4. The molecule has 0 aromatic rings. The zero-order valence-electron chi connectivity index (χ0n) is 21.3. The van der Waals surface area contributed by atoms with Gasteiger partial charge in [-0.1, -0.05) is 31.2 Å². The number of fused-ring (bicyclic) bond motifs is 7. The second kappa shape index (κ2) is 10.0. The Kier molecular flexibility index (Phi) is 6.96. The molecular formula is C29H36N2O6. The fourth-order valence-electron chi connectivity index (χ4n) is 7.84. The molecule has 0 spiro atoms. The molecule has 8 nitrogen and oxygen atoms in total. The van der Waals surface area contributed by atoms with E-state index in [1.807, 2.05) is 12.2 Å². The van der Waals surface area contributed by atoms with Crippen molar-refractivity contribution in [1.82, 2.24) is 10.6 Å². The van der Waals surface area contributed by atoms with Crippen LogP contribution in [0.2, 0.25) is 0 Å². The third-order valence-electron chi connectivity index (χ3n) is 9.43. The largest absolute Gasteiger partial charge is 0.507 e. The highest BCUT2D eigenvalue weighted by Crippen LogP contribution is 2.58. The average molecular weight is 509 g/mol. The van der Waals surface area contributed by atoms with Crippen molar-refractivity contribution >= 4 is 23.4 Å². The van der Waals surface area contributed by atoms with E-state index in [-0.39, 0.29) is 65.6 Å². The highest BCUT2D eigenvalue weighted by molar-refractivity contribution is 6.27. The lowest BCUT2D eigenvalue weighted by Gasteiger charge is -2.35. The van der Waals surface area contributed by atoms with Gasteiger partial charge >= 0.3 is 0 Å². The Balaban J connectivity index is 1.47. The third kappa shape index (κ3) is 4.60. The van der Waals surface area contributed by atoms with Crippen LogP contribution in [-0.2, 0) is 19.2 Å². The number of hydrogen-bond acceptors (Lipinski definition) is 6. The molecule has 0 unspecified atom stereocenters. The molecule has 0 radical (unpaired) electrons. The number of ketones is 2. The van der Waals surface area contributed by atoms with Crippen LogP contribution in [0, 0.1) is 47.3 Å². The zero-order valence-corrected chi connectivity index (χ0v) is 21.3. The molecule has 2 saturated carbocycles. The molecule has 2 amide bonds. The maximum atomic E-state index is 12.8. The minimum atomic E-state index is -1.18. The lowest BCUT2D eigenvalue weighted by atomic mass is 9.69. The van der Waals surface area contributed by atoms with Gasteiger partial charge < -0.3 is 20.8 Å². The van der Waals surface area contributed by atoms with Crippen LogP contribution < -0.4 is 10.6 Å². The molecule has 3 fully saturated rings. The zero-order chi connectivity index (χ0) is 26.4. The van der Waals surface area contributed by atoms with Gasteiger partial charge in [0.2, 0.25) is 5.91 Å². The fraction of sp³-hybridized carbons (Fsp3) is 0.586. The van der Waals surface area contributed by atoms with E-state index in [9.17, 15) is 29.4 Å². The monoisotopic (exact) mass is 508 g/mol. The first-order chi connectivity index (χ1) is 17.7. The quantitative estimate of drug-likeness (QED) is 0.317. The van der Waals surface area contributed by atoms with Gasteiger partial charge in [-0.2, -0.15) is 0 Å². The summed E-state index contributed by atoms with van der Waals surface area (Å²) in [5, 5.41) is 26.3. The van der Waals surface area contributed by atoms with E-state index in [1.165, 1.54) is 12.2 Å². The predicted octanol–water partition coefficient (Wildman–Crippen LogP) is 2.16. The van der Waals surface area contributed by atoms with Gasteiger partial charge in [0.1, 0.15) is 23.2 Å². The Morgan fingerprint density at radius 2 is 1.73 bits per heavy atom. The number of allylic oxidation sites excluding steroid dienone is 5. The Morgan fingerprint density at radius 3 is 2.49 bits per heavy atom. The molecule has 2 heterocycles. The molecule has 8 heteroatoms. The molecule has 5 aliphatic rings. The highest BCUT2D eigenvalue weighted by atomic mass is 16.3. The second-order valence-corrected chi connectivity index (χ2v) is 11.5. The Morgan fingerprint density at radius 1 is 1.00 bits per heavy atom. The van der Waals surface area contributed by atoms with Crippen molar-refractivity contribution in [3.8, 4) is 0 Å². The maximum Gasteiger partial charge on any atom is 0.259 e. The number of rotatable bonds is 1. The van der Waals surface area contributed by atoms with Crippen molar-refractivity contribution in [2.45, 2.75) is 51.7 Å². The van der Waals surface area contributed by atoms with Crippen LogP contribution in [-0.4, -0.2) is 52.3 Å². The molecule has 10 atom stereocenters. The van der Waals surface area contributed by atoms with Gasteiger partial charge in [0.05, 0.1) is 6.10 Å². The van der Waals surface area contributed by atoms with E-state index in [4.69, 9.17) is 0 Å². The van der Waals surface area contributed by atoms with Gasteiger partial charge in [0, 0.05) is 12.5 Å². The summed E-state index contributed by atoms with van der Waals surface area (Å²) in [4.78, 5) is 50.1. The first kappa shape index (κ1) is 25.6. The Labute approximate surface area is 217 Å². The molecule has 1 saturated heterocycles. The van der Waals surface area contributed by atoms with Crippen molar-refractivity contribution in [3.05, 3.63) is 47.8 Å². The molecule has 2 bridgehead atoms. The summed E-state index contributed by atoms with van der Waals surface area (Å²) >= 11 is 0. The summed E-state index contributed by atoms with van der Waals surface area (Å²) in [6, 6.07) is -1.15. The first-order valence-corrected chi connectivity index (χ1v) is 13.4. The molecule has 3 aliphatic carbocycles. The lowest BCUT2D eigenvalue weighted by Crippen LogP contribution is -2.42. The summed E-state index contributed by atoms with van der Waals surface area (Å²) in [6.07, 6.45) is 12.7. The topological polar surface area (TPSA) is 133 Å². The smallest absolute Gasteiger partial charge is 0.259 e. The Hall–Kier alpha value is -3.00. The SMILES string of the molecule is CC(=O)[C@H]1[C@H]2C=C[C@@H]3[C@@H](C[C@@H]4/C=C/C(O)=C5\C(=O)N[C@@H](C5=O)[C@H](O)CCNC(=O)/C=C/C[C@@H]34)[C@H]2C[C@H]1C. The summed E-state index contributed by atoms with van der Waals surface area (Å²) in [7, 11) is 0. The number of carbonyl (C=O) groups is 4. The predicted molar refractivity (Wildman–Crippen MR) is 136 cm³/mol. The number of Topliss-reactive ketones (excluding diaryl/α,β-unsaturated/α-hetero) is 2. The van der Waals surface area contributed by atoms with E-state index >= 15 is 0 Å². The molecule has 5 rings (SSSR count). The van der Waals surface area contributed by atoms with Crippen LogP contribution in [0.25, 0.3) is 0 Å². The summed E-state index contributed by atoms with van der Waals surface area (Å²) in [5.74, 6) is 0.217. The van der Waals surface area contributed by atoms with Crippen LogP contribution in [0.4, 0.5) is 0 Å². The second-order valence-electron chi connectivity index (χ2n) is 11.5. The first-order valence-electron chi connectivity index (χ1n) is 13.4. The molecule has 4 N–H and O–H groups in total. The van der Waals surface area contributed by atoms with E-state index in [1.54, 1.807) is 6.92 Å². The van der Waals surface area contributed by atoms with Gasteiger partial charge in [-0.15, -0.1) is 0 Å². The summed E-state index contributed by atoms with van der Waals surface area (Å²) in [5.41, 5.74) is -0.336. The molecule has 0 aromatic carbocycles. The molecule has 0 aromatic heterocycles. The summed E-state index contributed by atoms with van der Waals surface area (Å²) < 4.78 is 0. The van der Waals surface area contributed by atoms with Gasteiger partial charge in [-0.3, -0.25) is 19.2 Å².